The number of nitrogens with two attached hydrogens (primary N) is 1. The molecule has 15 heavy (non-hydrogen) atoms. The first-order chi connectivity index (χ1) is 7.16. The molecule has 1 amide bonds. The van der Waals surface area contributed by atoms with Crippen LogP contribution in [0.4, 0.5) is 5.69 Å². The molecule has 0 radical (unpaired) electrons. The van der Waals surface area contributed by atoms with Crippen LogP contribution < -0.4 is 11.1 Å². The van der Waals surface area contributed by atoms with Gasteiger partial charge in [0.2, 0.25) is 0 Å². The molecule has 1 rings (SSSR count). The number of nitrogens with one attached hydrogen (secondary N) is 1. The van der Waals surface area contributed by atoms with Gasteiger partial charge in [0, 0.05) is 6.54 Å². The normalized spacial score (nSPS) is 9.93. The minimum Gasteiger partial charge on any atom is -0.505 e. The molecule has 1 aromatic rings. The lowest BCUT2D eigenvalue weighted by molar-refractivity contribution is 0.0950. The second kappa shape index (κ2) is 5.24. The van der Waals surface area contributed by atoms with Gasteiger partial charge < -0.3 is 16.2 Å². The van der Waals surface area contributed by atoms with Gasteiger partial charge in [-0.2, -0.15) is 0 Å². The van der Waals surface area contributed by atoms with Gasteiger partial charge in [0.25, 0.3) is 5.91 Å². The highest BCUT2D eigenvalue weighted by Crippen LogP contribution is 2.23. The molecule has 0 aromatic heterocycles. The molecule has 0 aliphatic carbocycles. The Morgan fingerprint density at radius 1 is 1.53 bits per heavy atom. The summed E-state index contributed by atoms with van der Waals surface area (Å²) in [6, 6.07) is 4.74. The number of benzene rings is 1. The molecule has 82 valence electrons. The van der Waals surface area contributed by atoms with Crippen molar-refractivity contribution in [1.29, 1.82) is 0 Å². The molecule has 0 aliphatic rings. The van der Waals surface area contributed by atoms with Crippen LogP contribution in [-0.4, -0.2) is 17.6 Å². The van der Waals surface area contributed by atoms with Gasteiger partial charge in [-0.15, -0.1) is 0 Å². The van der Waals surface area contributed by atoms with Crippen LogP contribution >= 0.6 is 0 Å². The molecule has 0 saturated carbocycles. The minimum atomic E-state index is -0.284. The fourth-order valence-electron chi connectivity index (χ4n) is 1.22. The number of hydrogen-bond donors (Lipinski definition) is 3. The Kier molecular flexibility index (Phi) is 3.97. The van der Waals surface area contributed by atoms with E-state index in [1.165, 1.54) is 0 Å². The van der Waals surface area contributed by atoms with Gasteiger partial charge in [-0.3, -0.25) is 4.79 Å². The molecule has 4 nitrogen and oxygen atoms in total. The molecule has 0 unspecified atom stereocenters. The first kappa shape index (κ1) is 11.4. The van der Waals surface area contributed by atoms with Crippen molar-refractivity contribution in [1.82, 2.24) is 5.32 Å². The molecule has 0 spiro atoms. The van der Waals surface area contributed by atoms with E-state index < -0.39 is 0 Å². The number of para-hydroxylation sites is 1. The van der Waals surface area contributed by atoms with E-state index in [4.69, 9.17) is 5.73 Å². The lowest BCUT2D eigenvalue weighted by Crippen LogP contribution is -2.24. The van der Waals surface area contributed by atoms with Crippen LogP contribution in [-0.2, 0) is 0 Å². The number of phenols is 1. The van der Waals surface area contributed by atoms with Gasteiger partial charge in [0.1, 0.15) is 0 Å². The smallest absolute Gasteiger partial charge is 0.255 e. The van der Waals surface area contributed by atoms with Crippen LogP contribution in [0.25, 0.3) is 0 Å². The zero-order chi connectivity index (χ0) is 11.3. The van der Waals surface area contributed by atoms with Crippen LogP contribution in [0, 0.1) is 0 Å². The van der Waals surface area contributed by atoms with Crippen LogP contribution in [0.5, 0.6) is 5.75 Å². The van der Waals surface area contributed by atoms with E-state index in [2.05, 4.69) is 5.32 Å². The van der Waals surface area contributed by atoms with Crippen molar-refractivity contribution in [2.75, 3.05) is 12.3 Å². The summed E-state index contributed by atoms with van der Waals surface area (Å²) >= 11 is 0. The van der Waals surface area contributed by atoms with Gasteiger partial charge >= 0.3 is 0 Å². The maximum Gasteiger partial charge on any atom is 0.255 e. The minimum absolute atomic E-state index is 0.147. The molecule has 0 heterocycles. The van der Waals surface area contributed by atoms with Gasteiger partial charge in [-0.05, 0) is 18.6 Å². The Morgan fingerprint density at radius 2 is 2.27 bits per heavy atom. The number of nitrogen functional groups attached to an aromatic ring is 1. The summed E-state index contributed by atoms with van der Waals surface area (Å²) in [5.41, 5.74) is 5.93. The van der Waals surface area contributed by atoms with E-state index in [0.717, 1.165) is 12.8 Å². The predicted molar refractivity (Wildman–Crippen MR) is 59.8 cm³/mol. The second-order valence-electron chi connectivity index (χ2n) is 3.35. The monoisotopic (exact) mass is 208 g/mol. The molecule has 0 fully saturated rings. The number of aromatic hydroxyl groups is 1. The van der Waals surface area contributed by atoms with Crippen LogP contribution in [0.3, 0.4) is 0 Å². The Hall–Kier alpha value is -1.71. The molecule has 0 saturated heterocycles. The molecular weight excluding hydrogens is 192 g/mol. The maximum atomic E-state index is 11.6. The summed E-state index contributed by atoms with van der Waals surface area (Å²) in [5.74, 6) is -0.431. The standard InChI is InChI=1S/C11H16N2O2/c1-2-3-7-13-11(15)8-5-4-6-9(12)10(8)14/h4-6,14H,2-3,7,12H2,1H3,(H,13,15). The first-order valence-electron chi connectivity index (χ1n) is 5.02. The van der Waals surface area contributed by atoms with E-state index in [9.17, 15) is 9.90 Å². The fraction of sp³-hybridized carbons (Fsp3) is 0.364. The highest BCUT2D eigenvalue weighted by Gasteiger charge is 2.11. The van der Waals surface area contributed by atoms with Crippen molar-refractivity contribution in [3.63, 3.8) is 0 Å². The SMILES string of the molecule is CCCCNC(=O)c1cccc(N)c1O. The van der Waals surface area contributed by atoms with Crippen LogP contribution in [0.2, 0.25) is 0 Å². The third-order valence-electron chi connectivity index (χ3n) is 2.13. The van der Waals surface area contributed by atoms with Crippen molar-refractivity contribution in [2.24, 2.45) is 0 Å². The highest BCUT2D eigenvalue weighted by molar-refractivity contribution is 5.98. The van der Waals surface area contributed by atoms with Crippen molar-refractivity contribution in [3.05, 3.63) is 23.8 Å². The summed E-state index contributed by atoms with van der Waals surface area (Å²) in [6.07, 6.45) is 1.94. The van der Waals surface area contributed by atoms with E-state index in [0.29, 0.717) is 6.54 Å². The Balaban J connectivity index is 2.69. The third kappa shape index (κ3) is 2.87. The van der Waals surface area contributed by atoms with Gasteiger partial charge in [-0.1, -0.05) is 19.4 Å². The zero-order valence-electron chi connectivity index (χ0n) is 8.79. The Morgan fingerprint density at radius 3 is 2.93 bits per heavy atom. The molecule has 1 aromatic carbocycles. The topological polar surface area (TPSA) is 75.4 Å². The number of unbranched alkanes of at least 4 members (excludes halogenated alkanes) is 1. The number of amides is 1. The molecular formula is C11H16N2O2. The summed E-state index contributed by atoms with van der Waals surface area (Å²) < 4.78 is 0. The molecule has 0 atom stereocenters. The van der Waals surface area contributed by atoms with E-state index >= 15 is 0 Å². The third-order valence-corrected chi connectivity index (χ3v) is 2.13. The van der Waals surface area contributed by atoms with Crippen molar-refractivity contribution in [2.45, 2.75) is 19.8 Å². The summed E-state index contributed by atoms with van der Waals surface area (Å²) in [4.78, 5) is 11.6. The summed E-state index contributed by atoms with van der Waals surface area (Å²) in [7, 11) is 0. The molecule has 4 heteroatoms. The number of hydrogen-bond acceptors (Lipinski definition) is 3. The van der Waals surface area contributed by atoms with Crippen LogP contribution in [0.1, 0.15) is 30.1 Å². The number of anilines is 1. The number of carbonyl (C=O) groups excluding carboxylic acids is 1. The van der Waals surface area contributed by atoms with Crippen molar-refractivity contribution < 1.29 is 9.90 Å². The summed E-state index contributed by atoms with van der Waals surface area (Å²) in [5, 5.41) is 12.3. The van der Waals surface area contributed by atoms with Crippen LogP contribution in [0.15, 0.2) is 18.2 Å². The molecule has 4 N–H and O–H groups in total. The Labute approximate surface area is 89.1 Å². The molecule has 0 bridgehead atoms. The lowest BCUT2D eigenvalue weighted by atomic mass is 10.1. The number of carbonyl (C=O) groups is 1. The second-order valence-corrected chi connectivity index (χ2v) is 3.35. The highest BCUT2D eigenvalue weighted by atomic mass is 16.3. The number of rotatable bonds is 4. The average Bonchev–Trinajstić information content (AvgIpc) is 2.22. The van der Waals surface area contributed by atoms with E-state index in [1.54, 1.807) is 18.2 Å². The van der Waals surface area contributed by atoms with Crippen molar-refractivity contribution in [3.8, 4) is 5.75 Å². The average molecular weight is 208 g/mol. The molecule has 0 aliphatic heterocycles. The van der Waals surface area contributed by atoms with Gasteiger partial charge in [-0.25, -0.2) is 0 Å². The van der Waals surface area contributed by atoms with Gasteiger partial charge in [0.15, 0.2) is 5.75 Å². The Bertz CT molecular complexity index is 350. The largest absolute Gasteiger partial charge is 0.505 e. The van der Waals surface area contributed by atoms with E-state index in [-0.39, 0.29) is 22.9 Å². The van der Waals surface area contributed by atoms with Crippen molar-refractivity contribution >= 4 is 11.6 Å². The summed E-state index contributed by atoms with van der Waals surface area (Å²) in [6.45, 7) is 2.66. The van der Waals surface area contributed by atoms with E-state index in [1.807, 2.05) is 6.92 Å². The number of phenolic OH excluding ortho intramolecular Hbond substituents is 1. The lowest BCUT2D eigenvalue weighted by Gasteiger charge is -2.07. The fourth-order valence-corrected chi connectivity index (χ4v) is 1.22. The first-order valence-corrected chi connectivity index (χ1v) is 5.02. The zero-order valence-corrected chi connectivity index (χ0v) is 8.79. The van der Waals surface area contributed by atoms with Gasteiger partial charge in [0.05, 0.1) is 11.3 Å². The quantitative estimate of drug-likeness (QED) is 0.399. The predicted octanol–water partition coefficient (Wildman–Crippen LogP) is 1.50. The maximum absolute atomic E-state index is 11.6.